The molecule has 2 heterocycles. The molecule has 188 valence electrons. The number of fused-ring (bicyclic) bond motifs is 6. The highest BCUT2D eigenvalue weighted by molar-refractivity contribution is 6.01. The lowest BCUT2D eigenvalue weighted by molar-refractivity contribution is -0.132. The second kappa shape index (κ2) is 9.15. The van der Waals surface area contributed by atoms with Crippen LogP contribution in [-0.2, 0) is 17.6 Å². The van der Waals surface area contributed by atoms with Crippen LogP contribution in [0.25, 0.3) is 5.69 Å². The minimum absolute atomic E-state index is 0.0631. The molecular weight excluding hydrogens is 442 g/mol. The number of carbonyl (C=O) groups is 3. The number of hydrogen-bond acceptors (Lipinski definition) is 5. The number of carbonyl (C=O) groups excluding carboxylic acids is 3. The molecule has 2 amide bonds. The predicted octanol–water partition coefficient (Wildman–Crippen LogP) is 2.96. The first-order valence-corrected chi connectivity index (χ1v) is 12.4. The van der Waals surface area contributed by atoms with Gasteiger partial charge in [0.25, 0.3) is 5.91 Å². The molecular formula is C27H37N5O3. The lowest BCUT2D eigenvalue weighted by Crippen LogP contribution is -2.49. The van der Waals surface area contributed by atoms with Crippen molar-refractivity contribution in [3.05, 3.63) is 46.3 Å². The monoisotopic (exact) mass is 479 g/mol. The third kappa shape index (κ3) is 4.47. The van der Waals surface area contributed by atoms with Gasteiger partial charge in [0.1, 0.15) is 0 Å². The molecule has 0 saturated carbocycles. The summed E-state index contributed by atoms with van der Waals surface area (Å²) in [5.41, 5.74) is 17.1. The summed E-state index contributed by atoms with van der Waals surface area (Å²) in [6.07, 6.45) is 2.75. The number of benzene rings is 1. The van der Waals surface area contributed by atoms with Crippen molar-refractivity contribution in [2.24, 2.45) is 16.9 Å². The van der Waals surface area contributed by atoms with E-state index < -0.39 is 5.91 Å². The maximum absolute atomic E-state index is 13.2. The molecule has 4 rings (SSSR count). The predicted molar refractivity (Wildman–Crippen MR) is 137 cm³/mol. The van der Waals surface area contributed by atoms with E-state index in [4.69, 9.17) is 11.5 Å². The van der Waals surface area contributed by atoms with Crippen LogP contribution in [0, 0.1) is 12.3 Å². The minimum atomic E-state index is -0.525. The van der Waals surface area contributed by atoms with Crippen molar-refractivity contribution in [1.29, 1.82) is 0 Å². The van der Waals surface area contributed by atoms with Crippen LogP contribution >= 0.6 is 0 Å². The summed E-state index contributed by atoms with van der Waals surface area (Å²) < 4.78 is 2.20. The van der Waals surface area contributed by atoms with Gasteiger partial charge in [-0.05, 0) is 69.2 Å². The van der Waals surface area contributed by atoms with Crippen LogP contribution in [0.4, 0.5) is 5.69 Å². The molecule has 1 aromatic carbocycles. The van der Waals surface area contributed by atoms with Crippen LogP contribution < -0.4 is 16.8 Å². The Morgan fingerprint density at radius 3 is 2.54 bits per heavy atom. The topological polar surface area (TPSA) is 123 Å². The van der Waals surface area contributed by atoms with E-state index in [1.54, 1.807) is 6.07 Å². The smallest absolute Gasteiger partial charge is 0.250 e. The van der Waals surface area contributed by atoms with E-state index >= 15 is 0 Å². The van der Waals surface area contributed by atoms with Gasteiger partial charge in [0.15, 0.2) is 5.78 Å². The number of Topliss-reactive ketones (excluding diaryl/α,β-unsaturated/α-hetero) is 1. The Morgan fingerprint density at radius 1 is 1.17 bits per heavy atom. The first kappa shape index (κ1) is 25.0. The summed E-state index contributed by atoms with van der Waals surface area (Å²) in [4.78, 5) is 40.0. The Labute approximate surface area is 207 Å². The van der Waals surface area contributed by atoms with Gasteiger partial charge in [-0.3, -0.25) is 14.4 Å². The van der Waals surface area contributed by atoms with Crippen LogP contribution in [0.15, 0.2) is 18.2 Å². The molecule has 2 atom stereocenters. The zero-order chi connectivity index (χ0) is 25.7. The van der Waals surface area contributed by atoms with E-state index in [9.17, 15) is 14.4 Å². The molecule has 35 heavy (non-hydrogen) atoms. The molecule has 1 aromatic heterocycles. The molecule has 0 spiro atoms. The highest BCUT2D eigenvalue weighted by Gasteiger charge is 2.37. The largest absolute Gasteiger partial charge is 0.380 e. The molecule has 8 heteroatoms. The number of rotatable bonds is 2. The minimum Gasteiger partial charge on any atom is -0.380 e. The molecule has 2 aliphatic rings. The summed E-state index contributed by atoms with van der Waals surface area (Å²) in [7, 11) is 0. The maximum Gasteiger partial charge on any atom is 0.250 e. The molecule has 0 unspecified atom stereocenters. The Bertz CT molecular complexity index is 1200. The fourth-order valence-electron chi connectivity index (χ4n) is 5.72. The zero-order valence-corrected chi connectivity index (χ0v) is 21.4. The van der Waals surface area contributed by atoms with Crippen LogP contribution in [-0.4, -0.2) is 52.2 Å². The number of amides is 2. The van der Waals surface area contributed by atoms with Crippen molar-refractivity contribution in [3.8, 4) is 5.69 Å². The van der Waals surface area contributed by atoms with Gasteiger partial charge in [0, 0.05) is 53.4 Å². The van der Waals surface area contributed by atoms with Gasteiger partial charge in [-0.1, -0.05) is 13.8 Å². The number of aromatic nitrogens is 1. The normalized spacial score (nSPS) is 21.8. The molecule has 0 fully saturated rings. The molecule has 2 aromatic rings. The average Bonchev–Trinajstić information content (AvgIpc) is 3.05. The van der Waals surface area contributed by atoms with E-state index in [1.807, 2.05) is 37.8 Å². The number of anilines is 1. The number of hydrogen-bond donors (Lipinski definition) is 3. The molecule has 8 nitrogen and oxygen atoms in total. The van der Waals surface area contributed by atoms with Gasteiger partial charge in [-0.15, -0.1) is 0 Å². The highest BCUT2D eigenvalue weighted by atomic mass is 16.2. The summed E-state index contributed by atoms with van der Waals surface area (Å²) in [5, 5.41) is 3.44. The van der Waals surface area contributed by atoms with Crippen LogP contribution in [0.1, 0.15) is 78.2 Å². The third-order valence-corrected chi connectivity index (χ3v) is 7.63. The number of nitrogens with one attached hydrogen (secondary N) is 1. The second-order valence-corrected chi connectivity index (χ2v) is 10.8. The van der Waals surface area contributed by atoms with Crippen molar-refractivity contribution in [2.45, 2.75) is 72.4 Å². The molecule has 2 bridgehead atoms. The van der Waals surface area contributed by atoms with E-state index in [0.717, 1.165) is 41.0 Å². The average molecular weight is 480 g/mol. The fraction of sp³-hybridized carbons (Fsp3) is 0.519. The number of primary amides is 1. The van der Waals surface area contributed by atoms with Gasteiger partial charge in [0.05, 0.1) is 12.1 Å². The van der Waals surface area contributed by atoms with Crippen molar-refractivity contribution in [1.82, 2.24) is 9.47 Å². The summed E-state index contributed by atoms with van der Waals surface area (Å²) >= 11 is 0. The van der Waals surface area contributed by atoms with Crippen LogP contribution in [0.2, 0.25) is 0 Å². The Morgan fingerprint density at radius 2 is 1.89 bits per heavy atom. The molecule has 0 radical (unpaired) electrons. The van der Waals surface area contributed by atoms with Crippen molar-refractivity contribution < 1.29 is 14.4 Å². The quantitative estimate of drug-likeness (QED) is 0.611. The standard InChI is InChI=1S/C27H37N5O3/c1-15-21-7-6-10-31(24(34)14-28)17(3)16(2)30-20-11-18(8-9-19(20)26(29)35)32(21)22-12-27(4,5)13-23(33)25(15)22/h8-9,11,16-17,30H,6-7,10,12-14,28H2,1-5H3,(H2,29,35)/t16-,17-/m0/s1. The lowest BCUT2D eigenvalue weighted by Gasteiger charge is -2.35. The molecule has 5 N–H and O–H groups in total. The maximum atomic E-state index is 13.2. The molecule has 1 aliphatic heterocycles. The van der Waals surface area contributed by atoms with E-state index in [2.05, 4.69) is 23.7 Å². The van der Waals surface area contributed by atoms with Gasteiger partial charge in [-0.2, -0.15) is 0 Å². The van der Waals surface area contributed by atoms with Crippen LogP contribution in [0.5, 0.6) is 0 Å². The Kier molecular flexibility index (Phi) is 6.53. The third-order valence-electron chi connectivity index (χ3n) is 7.63. The highest BCUT2D eigenvalue weighted by Crippen LogP contribution is 2.41. The first-order valence-electron chi connectivity index (χ1n) is 12.4. The summed E-state index contributed by atoms with van der Waals surface area (Å²) in [6, 6.07) is 5.28. The van der Waals surface area contributed by atoms with Crippen molar-refractivity contribution in [3.63, 3.8) is 0 Å². The summed E-state index contributed by atoms with van der Waals surface area (Å²) in [5.74, 6) is -0.467. The molecule has 0 saturated heterocycles. The summed E-state index contributed by atoms with van der Waals surface area (Å²) in [6.45, 7) is 10.7. The van der Waals surface area contributed by atoms with E-state index in [0.29, 0.717) is 30.6 Å². The first-order chi connectivity index (χ1) is 16.4. The number of ketones is 1. The Hall–Kier alpha value is -3.13. The fourth-order valence-corrected chi connectivity index (χ4v) is 5.72. The van der Waals surface area contributed by atoms with Crippen molar-refractivity contribution >= 4 is 23.3 Å². The SMILES string of the molecule is Cc1c2c(n3c1CCCN(C(=O)CN)[C@@H](C)[C@H](C)Nc1cc-3ccc1C(N)=O)CC(C)(C)CC2=O. The van der Waals surface area contributed by atoms with E-state index in [1.165, 1.54) is 0 Å². The van der Waals surface area contributed by atoms with Gasteiger partial charge >= 0.3 is 0 Å². The second-order valence-electron chi connectivity index (χ2n) is 10.8. The number of nitrogens with zero attached hydrogens (tertiary/aromatic N) is 2. The van der Waals surface area contributed by atoms with Gasteiger partial charge in [-0.25, -0.2) is 0 Å². The number of nitrogens with two attached hydrogens (primary N) is 2. The van der Waals surface area contributed by atoms with Crippen LogP contribution in [0.3, 0.4) is 0 Å². The van der Waals surface area contributed by atoms with Crippen molar-refractivity contribution in [2.75, 3.05) is 18.4 Å². The van der Waals surface area contributed by atoms with Gasteiger partial charge < -0.3 is 26.3 Å². The lowest BCUT2D eigenvalue weighted by atomic mass is 9.75. The molecule has 1 aliphatic carbocycles. The Balaban J connectivity index is 1.95. The zero-order valence-electron chi connectivity index (χ0n) is 21.4. The van der Waals surface area contributed by atoms with E-state index in [-0.39, 0.29) is 35.7 Å². The van der Waals surface area contributed by atoms with Gasteiger partial charge in [0.2, 0.25) is 5.91 Å².